The maximum Gasteiger partial charge on any atom is 0.305 e. The molecular weight excluding hydrogens is 564 g/mol. The molecule has 1 saturated heterocycles. The number of aliphatic hydroxyl groups is 4. The Bertz CT molecular complexity index is 1340. The van der Waals surface area contributed by atoms with Crippen LogP contribution >= 0.6 is 0 Å². The van der Waals surface area contributed by atoms with Gasteiger partial charge in [0.2, 0.25) is 5.91 Å². The molecule has 5 N–H and O–H groups in total. The van der Waals surface area contributed by atoms with Gasteiger partial charge in [-0.25, -0.2) is 0 Å². The maximum absolute atomic E-state index is 12.8. The summed E-state index contributed by atoms with van der Waals surface area (Å²) in [4.78, 5) is 24.9. The van der Waals surface area contributed by atoms with Crippen LogP contribution in [-0.2, 0) is 25.5 Å². The number of methoxy groups -OCH3 is 2. The number of amides is 1. The molecule has 0 aliphatic carbocycles. The zero-order chi connectivity index (χ0) is 30.9. The predicted molar refractivity (Wildman–Crippen MR) is 151 cm³/mol. The number of carbonyl (C=O) groups excluding carboxylic acids is 2. The van der Waals surface area contributed by atoms with Gasteiger partial charge in [0.05, 0.1) is 26.2 Å². The molecule has 0 saturated carbocycles. The van der Waals surface area contributed by atoms with Gasteiger partial charge in [0.15, 0.2) is 12.1 Å². The molecule has 13 nitrogen and oxygen atoms in total. The average Bonchev–Trinajstić information content (AvgIpc) is 3.44. The number of carbonyl (C=O) groups is 2. The van der Waals surface area contributed by atoms with Crippen molar-refractivity contribution in [3.63, 3.8) is 0 Å². The van der Waals surface area contributed by atoms with Crippen molar-refractivity contribution >= 4 is 11.9 Å². The van der Waals surface area contributed by atoms with E-state index >= 15 is 0 Å². The first kappa shape index (κ1) is 31.9. The second-order valence-corrected chi connectivity index (χ2v) is 9.99. The number of nitrogens with one attached hydrogen (secondary N) is 1. The van der Waals surface area contributed by atoms with E-state index in [1.165, 1.54) is 0 Å². The van der Waals surface area contributed by atoms with Gasteiger partial charge in [-0.05, 0) is 54.8 Å². The second-order valence-electron chi connectivity index (χ2n) is 9.99. The van der Waals surface area contributed by atoms with Gasteiger partial charge in [-0.1, -0.05) is 17.3 Å². The van der Waals surface area contributed by atoms with Crippen molar-refractivity contribution in [3.05, 3.63) is 54.3 Å². The minimum Gasteiger partial charge on any atom is -0.497 e. The lowest BCUT2D eigenvalue weighted by Gasteiger charge is -2.37. The standard InChI is InChI=1S/C30H36N2O11/c1-39-19-10-6-17(7-11-19)25-21(43-32-26(25)18-8-12-20(40-2)13-9-18)15-23(33)31-14-4-3-5-24(34)41-16-22-27(35)28(36)29(37)30(38)42-22/h6-13,22,27-30,35-38H,3-5,14-16H2,1-2H3,(H,31,33)/t22-,27+,28+,29-,30?/m1/s1. The summed E-state index contributed by atoms with van der Waals surface area (Å²) in [5, 5.41) is 45.8. The Morgan fingerprint density at radius 3 is 2.12 bits per heavy atom. The molecule has 0 radical (unpaired) electrons. The highest BCUT2D eigenvalue weighted by atomic mass is 16.6. The lowest BCUT2D eigenvalue weighted by Crippen LogP contribution is -2.58. The number of hydrogen-bond acceptors (Lipinski definition) is 12. The molecule has 2 heterocycles. The summed E-state index contributed by atoms with van der Waals surface area (Å²) in [5.41, 5.74) is 2.87. The SMILES string of the molecule is COc1ccc(-c2noc(CC(=O)NCCCCC(=O)OC[C@H]3OC(O)[C@H](O)[C@@H](O)[C@H]3O)c2-c2ccc(OC)cc2)cc1. The van der Waals surface area contributed by atoms with Gasteiger partial charge in [0.1, 0.15) is 48.2 Å². The molecule has 5 atom stereocenters. The minimum atomic E-state index is -1.70. The molecule has 0 spiro atoms. The summed E-state index contributed by atoms with van der Waals surface area (Å²) in [7, 11) is 3.17. The number of ether oxygens (including phenoxy) is 4. The molecule has 1 fully saturated rings. The molecule has 0 bridgehead atoms. The Labute approximate surface area is 247 Å². The summed E-state index contributed by atoms with van der Waals surface area (Å²) in [6.07, 6.45) is -6.80. The molecule has 1 unspecified atom stereocenters. The molecule has 1 aliphatic rings. The van der Waals surface area contributed by atoms with Crippen LogP contribution in [0.2, 0.25) is 0 Å². The molecule has 3 aromatic rings. The van der Waals surface area contributed by atoms with Gasteiger partial charge in [0, 0.05) is 18.5 Å². The molecule has 232 valence electrons. The fourth-order valence-electron chi connectivity index (χ4n) is 4.59. The summed E-state index contributed by atoms with van der Waals surface area (Å²) in [6, 6.07) is 14.7. The molecule has 2 aromatic carbocycles. The number of benzene rings is 2. The van der Waals surface area contributed by atoms with E-state index in [1.807, 2.05) is 48.5 Å². The monoisotopic (exact) mass is 600 g/mol. The Balaban J connectivity index is 1.28. The van der Waals surface area contributed by atoms with Crippen molar-refractivity contribution in [2.75, 3.05) is 27.4 Å². The zero-order valence-corrected chi connectivity index (χ0v) is 23.8. The Morgan fingerprint density at radius 1 is 0.860 bits per heavy atom. The number of unbranched alkanes of at least 4 members (excludes halogenated alkanes) is 1. The molecule has 43 heavy (non-hydrogen) atoms. The van der Waals surface area contributed by atoms with Gasteiger partial charge >= 0.3 is 5.97 Å². The van der Waals surface area contributed by atoms with Crippen LogP contribution < -0.4 is 14.8 Å². The number of nitrogens with zero attached hydrogens (tertiary/aromatic N) is 1. The van der Waals surface area contributed by atoms with Crippen LogP contribution in [0, 0.1) is 0 Å². The average molecular weight is 601 g/mol. The second kappa shape index (κ2) is 14.9. The first-order chi connectivity index (χ1) is 20.7. The van der Waals surface area contributed by atoms with Crippen molar-refractivity contribution in [3.8, 4) is 33.9 Å². The van der Waals surface area contributed by atoms with E-state index in [4.69, 9.17) is 23.5 Å². The Kier molecular flexibility index (Phi) is 11.1. The minimum absolute atomic E-state index is 0.0430. The quantitative estimate of drug-likeness (QED) is 0.139. The van der Waals surface area contributed by atoms with E-state index in [2.05, 4.69) is 10.5 Å². The van der Waals surface area contributed by atoms with E-state index in [9.17, 15) is 30.0 Å². The molecule has 13 heteroatoms. The first-order valence-corrected chi connectivity index (χ1v) is 13.8. The van der Waals surface area contributed by atoms with Gasteiger partial charge in [-0.15, -0.1) is 0 Å². The van der Waals surface area contributed by atoms with Crippen LogP contribution in [0.3, 0.4) is 0 Å². The number of hydrogen-bond donors (Lipinski definition) is 5. The number of aliphatic hydroxyl groups excluding tert-OH is 4. The molecule has 4 rings (SSSR count). The van der Waals surface area contributed by atoms with Gasteiger partial charge < -0.3 is 49.2 Å². The third-order valence-electron chi connectivity index (χ3n) is 7.05. The van der Waals surface area contributed by atoms with Gasteiger partial charge in [-0.3, -0.25) is 9.59 Å². The molecule has 1 aromatic heterocycles. The topological polar surface area (TPSA) is 190 Å². The van der Waals surface area contributed by atoms with Crippen molar-refractivity contribution < 1.29 is 53.5 Å². The van der Waals surface area contributed by atoms with E-state index in [-0.39, 0.29) is 18.7 Å². The third kappa shape index (κ3) is 8.09. The molecule has 1 amide bonds. The van der Waals surface area contributed by atoms with Crippen LogP contribution in [0.4, 0.5) is 0 Å². The highest BCUT2D eigenvalue weighted by Crippen LogP contribution is 2.36. The van der Waals surface area contributed by atoms with Gasteiger partial charge in [0.25, 0.3) is 0 Å². The normalized spacial score (nSPS) is 21.7. The van der Waals surface area contributed by atoms with Crippen LogP contribution in [0.15, 0.2) is 53.1 Å². The fourth-order valence-corrected chi connectivity index (χ4v) is 4.59. The zero-order valence-electron chi connectivity index (χ0n) is 23.8. The Morgan fingerprint density at radius 2 is 1.49 bits per heavy atom. The summed E-state index contributed by atoms with van der Waals surface area (Å²) >= 11 is 0. The Hall–Kier alpha value is -4.01. The number of esters is 1. The maximum atomic E-state index is 12.8. The highest BCUT2D eigenvalue weighted by Gasteiger charge is 2.43. The number of aromatic nitrogens is 1. The van der Waals surface area contributed by atoms with E-state index < -0.39 is 43.3 Å². The van der Waals surface area contributed by atoms with E-state index in [0.717, 1.165) is 11.1 Å². The smallest absolute Gasteiger partial charge is 0.305 e. The fraction of sp³-hybridized carbons (Fsp3) is 0.433. The van der Waals surface area contributed by atoms with Gasteiger partial charge in [-0.2, -0.15) is 0 Å². The summed E-state index contributed by atoms with van der Waals surface area (Å²) in [6.45, 7) is -0.0893. The van der Waals surface area contributed by atoms with Crippen LogP contribution in [0.5, 0.6) is 11.5 Å². The largest absolute Gasteiger partial charge is 0.497 e. The summed E-state index contributed by atoms with van der Waals surface area (Å²) in [5.74, 6) is 0.925. The van der Waals surface area contributed by atoms with Crippen molar-refractivity contribution in [1.82, 2.24) is 10.5 Å². The number of rotatable bonds is 13. The highest BCUT2D eigenvalue weighted by molar-refractivity contribution is 5.86. The first-order valence-electron chi connectivity index (χ1n) is 13.8. The van der Waals surface area contributed by atoms with Crippen molar-refractivity contribution in [2.45, 2.75) is 56.4 Å². The van der Waals surface area contributed by atoms with Crippen LogP contribution in [0.25, 0.3) is 22.4 Å². The summed E-state index contributed by atoms with van der Waals surface area (Å²) < 4.78 is 26.2. The molecular formula is C30H36N2O11. The lowest BCUT2D eigenvalue weighted by atomic mass is 9.98. The van der Waals surface area contributed by atoms with Crippen LogP contribution in [-0.4, -0.2) is 95.5 Å². The van der Waals surface area contributed by atoms with E-state index in [0.29, 0.717) is 47.9 Å². The van der Waals surface area contributed by atoms with Crippen LogP contribution in [0.1, 0.15) is 25.0 Å². The predicted octanol–water partition coefficient (Wildman–Crippen LogP) is 1.20. The molecule has 1 aliphatic heterocycles. The van der Waals surface area contributed by atoms with E-state index in [1.54, 1.807) is 14.2 Å². The lowest BCUT2D eigenvalue weighted by molar-refractivity contribution is -0.287. The van der Waals surface area contributed by atoms with Crippen molar-refractivity contribution in [1.29, 1.82) is 0 Å². The van der Waals surface area contributed by atoms with Crippen molar-refractivity contribution in [2.24, 2.45) is 0 Å². The third-order valence-corrected chi connectivity index (χ3v) is 7.05.